The van der Waals surface area contributed by atoms with Gasteiger partial charge in [-0.3, -0.25) is 0 Å². The molecule has 5 aromatic carbocycles. The summed E-state index contributed by atoms with van der Waals surface area (Å²) in [4.78, 5) is 0. The van der Waals surface area contributed by atoms with Gasteiger partial charge in [0.2, 0.25) is 0 Å². The van der Waals surface area contributed by atoms with Crippen LogP contribution in [0.3, 0.4) is 0 Å². The molecule has 0 fully saturated rings. The van der Waals surface area contributed by atoms with E-state index in [4.69, 9.17) is 28.4 Å². The highest BCUT2D eigenvalue weighted by Crippen LogP contribution is 2.26. The van der Waals surface area contributed by atoms with Gasteiger partial charge in [-0.1, -0.05) is 72.8 Å². The van der Waals surface area contributed by atoms with Crippen LogP contribution in [0.2, 0.25) is 0 Å². The fourth-order valence-electron chi connectivity index (χ4n) is 5.14. The Hall–Kier alpha value is -4.46. The third kappa shape index (κ3) is 11.4. The zero-order valence-corrected chi connectivity index (χ0v) is 28.1. The van der Waals surface area contributed by atoms with Crippen LogP contribution < -0.4 is 9.47 Å². The summed E-state index contributed by atoms with van der Waals surface area (Å²) in [5.41, 5.74) is 4.56. The van der Waals surface area contributed by atoms with E-state index in [1.165, 1.54) is 21.5 Å². The number of hydrogen-bond acceptors (Lipinski definition) is 6. The summed E-state index contributed by atoms with van der Waals surface area (Å²) in [7, 11) is 0. The van der Waals surface area contributed by atoms with Crippen LogP contribution in [-0.2, 0) is 18.9 Å². The summed E-state index contributed by atoms with van der Waals surface area (Å²) in [6.07, 6.45) is 8.56. The largest absolute Gasteiger partial charge is 0.491 e. The number of hydrogen-bond donors (Lipinski definition) is 0. The van der Waals surface area contributed by atoms with E-state index < -0.39 is 0 Å². The van der Waals surface area contributed by atoms with E-state index in [9.17, 15) is 0 Å². The fraction of sp³-hybridized carbons (Fsp3) is 0.286. The van der Waals surface area contributed by atoms with Crippen molar-refractivity contribution >= 4 is 45.8 Å². The van der Waals surface area contributed by atoms with E-state index in [1.54, 1.807) is 0 Å². The lowest BCUT2D eigenvalue weighted by Crippen LogP contribution is -2.10. The van der Waals surface area contributed by atoms with E-state index in [1.807, 2.05) is 38.1 Å². The van der Waals surface area contributed by atoms with Gasteiger partial charge in [0.25, 0.3) is 0 Å². The predicted octanol–water partition coefficient (Wildman–Crippen LogP) is 9.20. The minimum atomic E-state index is 0.518. The molecule has 0 heterocycles. The second-order valence-electron chi connectivity index (χ2n) is 11.2. The summed E-state index contributed by atoms with van der Waals surface area (Å²) < 4.78 is 33.1. The SMILES string of the molecule is CCOCCOCCOc1ccc(C=Cc2ccc3cc4cc(C=Cc5ccc(OCCOCCOCC)cc5)ccc4cc3c2)cc1. The lowest BCUT2D eigenvalue weighted by Gasteiger charge is -2.08. The van der Waals surface area contributed by atoms with E-state index in [0.717, 1.165) is 33.8 Å². The average Bonchev–Trinajstić information content (AvgIpc) is 3.12. The Morgan fingerprint density at radius 1 is 0.354 bits per heavy atom. The van der Waals surface area contributed by atoms with Gasteiger partial charge in [-0.05, 0) is 106 Å². The van der Waals surface area contributed by atoms with Gasteiger partial charge >= 0.3 is 0 Å². The Kier molecular flexibility index (Phi) is 14.1. The molecule has 0 amide bonds. The molecule has 48 heavy (non-hydrogen) atoms. The molecule has 0 bridgehead atoms. The summed E-state index contributed by atoms with van der Waals surface area (Å²) >= 11 is 0. The first-order valence-corrected chi connectivity index (χ1v) is 16.8. The molecular formula is C42H46O6. The van der Waals surface area contributed by atoms with Crippen LogP contribution in [0.15, 0.2) is 97.1 Å². The zero-order valence-electron chi connectivity index (χ0n) is 28.1. The minimum Gasteiger partial charge on any atom is -0.491 e. The standard InChI is InChI=1S/C42H46O6/c1-3-43-21-23-45-25-27-47-41-17-11-33(12-18-41)5-7-35-9-15-37-32-40-30-36(10-16-38(40)31-39(37)29-35)8-6-34-13-19-42(20-14-34)48-28-26-46-24-22-44-4-2/h5-20,29-32H,3-4,21-28H2,1-2H3. The maximum Gasteiger partial charge on any atom is 0.119 e. The molecule has 6 nitrogen and oxygen atoms in total. The summed E-state index contributed by atoms with van der Waals surface area (Å²) in [5, 5.41) is 4.89. The number of rotatable bonds is 20. The Balaban J connectivity index is 1.12. The van der Waals surface area contributed by atoms with E-state index in [-0.39, 0.29) is 0 Å². The highest BCUT2D eigenvalue weighted by Gasteiger charge is 2.02. The molecule has 0 aliphatic heterocycles. The van der Waals surface area contributed by atoms with Crippen LogP contribution in [0, 0.1) is 0 Å². The van der Waals surface area contributed by atoms with Gasteiger partial charge in [0, 0.05) is 13.2 Å². The molecule has 5 rings (SSSR count). The van der Waals surface area contributed by atoms with Crippen LogP contribution >= 0.6 is 0 Å². The van der Waals surface area contributed by atoms with Crippen molar-refractivity contribution in [2.24, 2.45) is 0 Å². The van der Waals surface area contributed by atoms with Crippen molar-refractivity contribution in [1.29, 1.82) is 0 Å². The molecule has 0 aliphatic carbocycles. The molecule has 5 aromatic rings. The monoisotopic (exact) mass is 646 g/mol. The Morgan fingerprint density at radius 3 is 1.12 bits per heavy atom. The molecule has 250 valence electrons. The molecule has 0 atom stereocenters. The molecule has 0 spiro atoms. The quantitative estimate of drug-likeness (QED) is 0.0478. The first kappa shape index (κ1) is 34.9. The van der Waals surface area contributed by atoms with Gasteiger partial charge in [0.05, 0.1) is 39.6 Å². The predicted molar refractivity (Wildman–Crippen MR) is 198 cm³/mol. The molecule has 6 heteroatoms. The van der Waals surface area contributed by atoms with Crippen molar-refractivity contribution < 1.29 is 28.4 Å². The summed E-state index contributed by atoms with van der Waals surface area (Å²) in [6, 6.07) is 34.0. The van der Waals surface area contributed by atoms with Crippen molar-refractivity contribution in [3.05, 3.63) is 119 Å². The van der Waals surface area contributed by atoms with Crippen molar-refractivity contribution in [3.8, 4) is 11.5 Å². The van der Waals surface area contributed by atoms with Crippen LogP contribution in [0.5, 0.6) is 11.5 Å². The van der Waals surface area contributed by atoms with Gasteiger partial charge in [-0.2, -0.15) is 0 Å². The number of fused-ring (bicyclic) bond motifs is 2. The average molecular weight is 647 g/mol. The molecule has 0 saturated carbocycles. The van der Waals surface area contributed by atoms with Crippen molar-refractivity contribution in [2.75, 3.05) is 66.1 Å². The highest BCUT2D eigenvalue weighted by atomic mass is 16.5. The Labute approximate surface area is 284 Å². The van der Waals surface area contributed by atoms with Crippen molar-refractivity contribution in [3.63, 3.8) is 0 Å². The third-order valence-electron chi connectivity index (χ3n) is 7.69. The Bertz CT molecular complexity index is 1610. The normalized spacial score (nSPS) is 11.7. The molecule has 0 aliphatic rings. The number of benzene rings is 5. The fourth-order valence-corrected chi connectivity index (χ4v) is 5.14. The minimum absolute atomic E-state index is 0.518. The molecule has 0 saturated heterocycles. The zero-order chi connectivity index (χ0) is 33.2. The second kappa shape index (κ2) is 19.4. The van der Waals surface area contributed by atoms with Gasteiger partial charge in [0.15, 0.2) is 0 Å². The summed E-state index contributed by atoms with van der Waals surface area (Å²) in [5.74, 6) is 1.67. The lowest BCUT2D eigenvalue weighted by atomic mass is 9.99. The van der Waals surface area contributed by atoms with E-state index in [2.05, 4.69) is 97.1 Å². The first-order chi connectivity index (χ1) is 23.7. The van der Waals surface area contributed by atoms with Crippen LogP contribution in [0.4, 0.5) is 0 Å². The van der Waals surface area contributed by atoms with Crippen LogP contribution in [0.1, 0.15) is 36.1 Å². The van der Waals surface area contributed by atoms with Gasteiger partial charge in [-0.15, -0.1) is 0 Å². The van der Waals surface area contributed by atoms with E-state index >= 15 is 0 Å². The summed E-state index contributed by atoms with van der Waals surface area (Å²) in [6.45, 7) is 9.92. The molecule has 0 unspecified atom stereocenters. The van der Waals surface area contributed by atoms with Gasteiger partial charge < -0.3 is 28.4 Å². The van der Waals surface area contributed by atoms with Gasteiger partial charge in [0.1, 0.15) is 24.7 Å². The van der Waals surface area contributed by atoms with Crippen LogP contribution in [-0.4, -0.2) is 66.1 Å². The molecule has 0 aromatic heterocycles. The van der Waals surface area contributed by atoms with Crippen molar-refractivity contribution in [1.82, 2.24) is 0 Å². The van der Waals surface area contributed by atoms with Crippen molar-refractivity contribution in [2.45, 2.75) is 13.8 Å². The van der Waals surface area contributed by atoms with Gasteiger partial charge in [-0.25, -0.2) is 0 Å². The maximum atomic E-state index is 5.78. The maximum absolute atomic E-state index is 5.78. The molecule has 0 N–H and O–H groups in total. The molecular weight excluding hydrogens is 600 g/mol. The lowest BCUT2D eigenvalue weighted by molar-refractivity contribution is 0.0405. The third-order valence-corrected chi connectivity index (χ3v) is 7.69. The second-order valence-corrected chi connectivity index (χ2v) is 11.2. The Morgan fingerprint density at radius 2 is 0.708 bits per heavy atom. The first-order valence-electron chi connectivity index (χ1n) is 16.8. The highest BCUT2D eigenvalue weighted by molar-refractivity contribution is 6.00. The number of ether oxygens (including phenoxy) is 6. The van der Waals surface area contributed by atoms with E-state index in [0.29, 0.717) is 66.1 Å². The molecule has 0 radical (unpaired) electrons. The smallest absolute Gasteiger partial charge is 0.119 e. The topological polar surface area (TPSA) is 55.4 Å². The van der Waals surface area contributed by atoms with Crippen LogP contribution in [0.25, 0.3) is 45.8 Å².